The van der Waals surface area contributed by atoms with Gasteiger partial charge in [0.15, 0.2) is 0 Å². The van der Waals surface area contributed by atoms with E-state index in [1.165, 1.54) is 10.6 Å². The Labute approximate surface area is 183 Å². The lowest BCUT2D eigenvalue weighted by atomic mass is 9.98. The number of carbonyl (C=O) groups is 3. The van der Waals surface area contributed by atoms with Crippen LogP contribution in [0.2, 0.25) is 0 Å². The molecule has 0 saturated heterocycles. The van der Waals surface area contributed by atoms with Crippen LogP contribution in [0.25, 0.3) is 0 Å². The summed E-state index contributed by atoms with van der Waals surface area (Å²) < 4.78 is 1.42. The minimum Gasteiger partial charge on any atom is -0.477 e. The van der Waals surface area contributed by atoms with Gasteiger partial charge < -0.3 is 20.7 Å². The van der Waals surface area contributed by atoms with E-state index < -0.39 is 35.1 Å². The largest absolute Gasteiger partial charge is 0.477 e. The summed E-state index contributed by atoms with van der Waals surface area (Å²) in [5, 5.41) is 11.4. The first-order chi connectivity index (χ1) is 15.4. The Morgan fingerprint density at radius 2 is 1.50 bits per heavy atom. The number of aliphatic carboxylic acids is 1. The van der Waals surface area contributed by atoms with E-state index >= 15 is 0 Å². The summed E-state index contributed by atoms with van der Waals surface area (Å²) in [4.78, 5) is 48.3. The summed E-state index contributed by atoms with van der Waals surface area (Å²) in [5.74, 6) is -3.11. The number of carboxylic acids is 1. The molecule has 1 aromatic heterocycles. The molecule has 162 valence electrons. The average Bonchev–Trinajstić information content (AvgIpc) is 2.79. The maximum Gasteiger partial charge on any atom is 0.352 e. The van der Waals surface area contributed by atoms with Crippen LogP contribution in [0.3, 0.4) is 0 Å². The molecule has 0 fully saturated rings. The fraction of sp³-hybridized carbons (Fsp3) is 0.0833. The van der Waals surface area contributed by atoms with Crippen LogP contribution in [0, 0.1) is 0 Å². The number of pyridine rings is 1. The number of nitrogens with zero attached hydrogens (tertiary/aromatic N) is 1. The number of rotatable bonds is 8. The van der Waals surface area contributed by atoms with Gasteiger partial charge in [0.05, 0.1) is 6.04 Å². The van der Waals surface area contributed by atoms with Gasteiger partial charge in [0.2, 0.25) is 5.91 Å². The molecule has 32 heavy (non-hydrogen) atoms. The number of amides is 2. The second kappa shape index (κ2) is 10.0. The van der Waals surface area contributed by atoms with Gasteiger partial charge in [-0.2, -0.15) is 0 Å². The van der Waals surface area contributed by atoms with Gasteiger partial charge in [-0.05, 0) is 29.3 Å². The molecule has 2 amide bonds. The Morgan fingerprint density at radius 3 is 2.00 bits per heavy atom. The number of nitrogens with one attached hydrogen (secondary N) is 1. The minimum atomic E-state index is -1.46. The molecular formula is C24H21N3O5. The smallest absolute Gasteiger partial charge is 0.352 e. The second-order valence-electron chi connectivity index (χ2n) is 6.91. The van der Waals surface area contributed by atoms with Gasteiger partial charge in [0.25, 0.3) is 11.5 Å². The Balaban J connectivity index is 2.04. The summed E-state index contributed by atoms with van der Waals surface area (Å²) in [6, 6.07) is 21.0. The molecule has 4 N–H and O–H groups in total. The molecule has 1 heterocycles. The normalized spacial score (nSPS) is 11.2. The Bertz CT molecular complexity index is 1180. The molecule has 0 aliphatic carbocycles. The van der Waals surface area contributed by atoms with Gasteiger partial charge in [-0.15, -0.1) is 0 Å². The van der Waals surface area contributed by atoms with Crippen molar-refractivity contribution in [2.45, 2.75) is 12.5 Å². The molecule has 0 spiro atoms. The average molecular weight is 431 g/mol. The zero-order chi connectivity index (χ0) is 23.1. The highest BCUT2D eigenvalue weighted by Gasteiger charge is 2.22. The highest BCUT2D eigenvalue weighted by molar-refractivity contribution is 6.00. The van der Waals surface area contributed by atoms with Crippen LogP contribution in [-0.2, 0) is 9.59 Å². The predicted octanol–water partition coefficient (Wildman–Crippen LogP) is 2.06. The third-order valence-electron chi connectivity index (χ3n) is 4.71. The molecule has 0 saturated carbocycles. The van der Waals surface area contributed by atoms with Crippen LogP contribution in [0.1, 0.15) is 33.9 Å². The van der Waals surface area contributed by atoms with Gasteiger partial charge in [-0.1, -0.05) is 60.7 Å². The fourth-order valence-corrected chi connectivity index (χ4v) is 3.25. The maximum atomic E-state index is 13.3. The van der Waals surface area contributed by atoms with Gasteiger partial charge >= 0.3 is 5.97 Å². The Morgan fingerprint density at radius 1 is 0.938 bits per heavy atom. The number of aromatic nitrogens is 1. The quantitative estimate of drug-likeness (QED) is 0.470. The van der Waals surface area contributed by atoms with Gasteiger partial charge in [0.1, 0.15) is 11.3 Å². The lowest BCUT2D eigenvalue weighted by Gasteiger charge is -2.21. The summed E-state index contributed by atoms with van der Waals surface area (Å²) >= 11 is 0. The fourth-order valence-electron chi connectivity index (χ4n) is 3.25. The maximum absolute atomic E-state index is 13.3. The van der Waals surface area contributed by atoms with Crippen LogP contribution in [0.5, 0.6) is 0 Å². The number of hydrogen-bond donors (Lipinski definition) is 3. The molecule has 0 atom stereocenters. The van der Waals surface area contributed by atoms with Crippen LogP contribution < -0.4 is 16.6 Å². The minimum absolute atomic E-state index is 0.240. The predicted molar refractivity (Wildman–Crippen MR) is 118 cm³/mol. The van der Waals surface area contributed by atoms with Gasteiger partial charge in [-0.25, -0.2) is 4.79 Å². The summed E-state index contributed by atoms with van der Waals surface area (Å²) in [7, 11) is 0. The standard InChI is InChI=1S/C24H21N3O5/c25-20(28)14-13-19(24(31)32)26-22(29)18-12-7-15-27(23(18)30)21(16-8-3-1-4-9-16)17-10-5-2-6-11-17/h1-13,15,21H,14H2,(H2,25,28)(H,26,29)(H,31,32)/b19-13+. The van der Waals surface area contributed by atoms with Gasteiger partial charge in [0, 0.05) is 12.6 Å². The molecule has 8 heteroatoms. The molecule has 0 radical (unpaired) electrons. The first-order valence-electron chi connectivity index (χ1n) is 9.72. The van der Waals surface area contributed by atoms with E-state index in [9.17, 15) is 24.3 Å². The zero-order valence-corrected chi connectivity index (χ0v) is 17.0. The van der Waals surface area contributed by atoms with Crippen molar-refractivity contribution in [2.75, 3.05) is 0 Å². The van der Waals surface area contributed by atoms with Crippen LogP contribution >= 0.6 is 0 Å². The molecule has 8 nitrogen and oxygen atoms in total. The second-order valence-corrected chi connectivity index (χ2v) is 6.91. The third kappa shape index (κ3) is 5.17. The van der Waals surface area contributed by atoms with E-state index in [-0.39, 0.29) is 12.0 Å². The molecule has 0 unspecified atom stereocenters. The number of hydrogen-bond acceptors (Lipinski definition) is 4. The topological polar surface area (TPSA) is 131 Å². The monoisotopic (exact) mass is 431 g/mol. The van der Waals surface area contributed by atoms with Crippen molar-refractivity contribution < 1.29 is 19.5 Å². The van der Waals surface area contributed by atoms with Gasteiger partial charge in [-0.3, -0.25) is 14.4 Å². The summed E-state index contributed by atoms with van der Waals surface area (Å²) in [6.07, 6.45) is 2.19. The lowest BCUT2D eigenvalue weighted by molar-refractivity contribution is -0.133. The van der Waals surface area contributed by atoms with E-state index in [4.69, 9.17) is 5.73 Å². The van der Waals surface area contributed by atoms with E-state index in [1.54, 1.807) is 12.3 Å². The van der Waals surface area contributed by atoms with Crippen LogP contribution in [0.4, 0.5) is 0 Å². The summed E-state index contributed by atoms with van der Waals surface area (Å²) in [6.45, 7) is 0. The van der Waals surface area contributed by atoms with Crippen molar-refractivity contribution in [2.24, 2.45) is 5.73 Å². The number of benzene rings is 2. The van der Waals surface area contributed by atoms with E-state index in [2.05, 4.69) is 5.32 Å². The molecule has 3 rings (SSSR count). The number of carbonyl (C=O) groups excluding carboxylic acids is 2. The van der Waals surface area contributed by atoms with E-state index in [0.717, 1.165) is 17.2 Å². The van der Waals surface area contributed by atoms with Crippen LogP contribution in [-0.4, -0.2) is 27.5 Å². The number of carboxylic acid groups (broad SMARTS) is 1. The molecule has 0 aliphatic heterocycles. The Kier molecular flexibility index (Phi) is 6.97. The lowest BCUT2D eigenvalue weighted by Crippen LogP contribution is -2.36. The Hall–Kier alpha value is -4.46. The molecule has 0 bridgehead atoms. The highest BCUT2D eigenvalue weighted by atomic mass is 16.4. The zero-order valence-electron chi connectivity index (χ0n) is 17.0. The van der Waals surface area contributed by atoms with E-state index in [0.29, 0.717) is 0 Å². The number of primary amides is 1. The van der Waals surface area contributed by atoms with Crippen molar-refractivity contribution in [1.29, 1.82) is 0 Å². The molecule has 0 aliphatic rings. The van der Waals surface area contributed by atoms with Crippen LogP contribution in [0.15, 0.2) is 95.6 Å². The highest BCUT2D eigenvalue weighted by Crippen LogP contribution is 2.25. The SMILES string of the molecule is NC(=O)C/C=C(/NC(=O)c1cccn(C(c2ccccc2)c2ccccc2)c1=O)C(=O)O. The van der Waals surface area contributed by atoms with Crippen molar-refractivity contribution in [3.05, 3.63) is 118 Å². The molecular weight excluding hydrogens is 410 g/mol. The van der Waals surface area contributed by atoms with Crippen molar-refractivity contribution in [3.8, 4) is 0 Å². The molecule has 2 aromatic carbocycles. The van der Waals surface area contributed by atoms with Crippen molar-refractivity contribution in [3.63, 3.8) is 0 Å². The molecule has 3 aromatic rings. The van der Waals surface area contributed by atoms with E-state index in [1.807, 2.05) is 60.7 Å². The third-order valence-corrected chi connectivity index (χ3v) is 4.71. The first kappa shape index (κ1) is 22.2. The first-order valence-corrected chi connectivity index (χ1v) is 9.72. The number of nitrogens with two attached hydrogens (primary N) is 1. The van der Waals surface area contributed by atoms with Crippen molar-refractivity contribution >= 4 is 17.8 Å². The van der Waals surface area contributed by atoms with Crippen molar-refractivity contribution in [1.82, 2.24) is 9.88 Å². The summed E-state index contributed by atoms with van der Waals surface area (Å²) in [5.41, 5.74) is 5.33.